The zero-order chi connectivity index (χ0) is 10.2. The molecule has 0 N–H and O–H groups in total. The van der Waals surface area contributed by atoms with Gasteiger partial charge < -0.3 is 9.64 Å². The number of hydrogen-bond donors (Lipinski definition) is 0. The van der Waals surface area contributed by atoms with Gasteiger partial charge in [-0.3, -0.25) is 0 Å². The van der Waals surface area contributed by atoms with Crippen LogP contribution in [0.25, 0.3) is 0 Å². The minimum absolute atomic E-state index is 0.500. The van der Waals surface area contributed by atoms with Crippen LogP contribution in [-0.2, 0) is 4.74 Å². The fourth-order valence-corrected chi connectivity index (χ4v) is 1.69. The van der Waals surface area contributed by atoms with Crippen molar-refractivity contribution in [2.24, 2.45) is 0 Å². The Labute approximate surface area is 87.9 Å². The fraction of sp³-hybridized carbons (Fsp3) is 0.833. The lowest BCUT2D eigenvalue weighted by Gasteiger charge is -2.19. The summed E-state index contributed by atoms with van der Waals surface area (Å²) in [6, 6.07) is 0. The molecule has 0 aromatic carbocycles. The molecule has 0 radical (unpaired) electrons. The van der Waals surface area contributed by atoms with Crippen molar-refractivity contribution in [3.8, 4) is 0 Å². The second-order valence-corrected chi connectivity index (χ2v) is 4.28. The van der Waals surface area contributed by atoms with Gasteiger partial charge >= 0.3 is 0 Å². The summed E-state index contributed by atoms with van der Waals surface area (Å²) in [6.07, 6.45) is 11.2. The number of allylic oxidation sites excluding steroid dienone is 2. The van der Waals surface area contributed by atoms with E-state index in [0.717, 1.165) is 13.2 Å². The Morgan fingerprint density at radius 2 is 2.00 bits per heavy atom. The lowest BCUT2D eigenvalue weighted by atomic mass is 10.0. The third kappa shape index (κ3) is 5.40. The zero-order valence-corrected chi connectivity index (χ0v) is 9.54. The predicted octanol–water partition coefficient (Wildman–Crippen LogP) is 2.45. The maximum absolute atomic E-state index is 5.85. The molecule has 1 rings (SSSR count). The zero-order valence-electron chi connectivity index (χ0n) is 9.54. The summed E-state index contributed by atoms with van der Waals surface area (Å²) in [6.45, 7) is 1.91. The van der Waals surface area contributed by atoms with Crippen molar-refractivity contribution >= 4 is 0 Å². The molecule has 1 unspecified atom stereocenters. The summed E-state index contributed by atoms with van der Waals surface area (Å²) in [5.74, 6) is 0. The van der Waals surface area contributed by atoms with Crippen LogP contribution in [0.2, 0.25) is 0 Å². The van der Waals surface area contributed by atoms with Gasteiger partial charge in [0.1, 0.15) is 0 Å². The summed E-state index contributed by atoms with van der Waals surface area (Å²) in [7, 11) is 4.18. The quantitative estimate of drug-likeness (QED) is 0.642. The highest BCUT2D eigenvalue weighted by molar-refractivity contribution is 4.85. The second kappa shape index (κ2) is 7.02. The van der Waals surface area contributed by atoms with Crippen molar-refractivity contribution in [2.75, 3.05) is 27.2 Å². The Bertz CT molecular complexity index is 166. The molecule has 2 heteroatoms. The molecule has 0 bridgehead atoms. The monoisotopic (exact) mass is 197 g/mol. The molecule has 2 nitrogen and oxygen atoms in total. The topological polar surface area (TPSA) is 12.5 Å². The van der Waals surface area contributed by atoms with Crippen LogP contribution in [0.1, 0.15) is 32.1 Å². The van der Waals surface area contributed by atoms with Crippen LogP contribution in [0.5, 0.6) is 0 Å². The maximum atomic E-state index is 5.85. The third-order valence-corrected chi connectivity index (χ3v) is 2.61. The van der Waals surface area contributed by atoms with Gasteiger partial charge in [-0.05, 0) is 46.2 Å². The van der Waals surface area contributed by atoms with Crippen molar-refractivity contribution in [3.63, 3.8) is 0 Å². The van der Waals surface area contributed by atoms with E-state index in [1.165, 1.54) is 32.1 Å². The van der Waals surface area contributed by atoms with Gasteiger partial charge in [0.25, 0.3) is 0 Å². The largest absolute Gasteiger partial charge is 0.377 e. The predicted molar refractivity (Wildman–Crippen MR) is 60.5 cm³/mol. The first-order valence-corrected chi connectivity index (χ1v) is 5.70. The molecule has 0 aromatic rings. The van der Waals surface area contributed by atoms with Crippen LogP contribution >= 0.6 is 0 Å². The molecule has 0 aromatic heterocycles. The molecule has 0 spiro atoms. The third-order valence-electron chi connectivity index (χ3n) is 2.61. The molecule has 82 valence electrons. The molecule has 0 aliphatic heterocycles. The summed E-state index contributed by atoms with van der Waals surface area (Å²) in [5.41, 5.74) is 0. The van der Waals surface area contributed by atoms with E-state index in [0.29, 0.717) is 6.10 Å². The van der Waals surface area contributed by atoms with E-state index in [4.69, 9.17) is 4.74 Å². The standard InChI is InChI=1S/C12H23NO/c1-13(2)10-11-14-12-8-6-4-3-5-7-9-12/h3-4,12H,5-11H2,1-2H3. The van der Waals surface area contributed by atoms with Gasteiger partial charge in [0.15, 0.2) is 0 Å². The number of nitrogens with zero attached hydrogens (tertiary/aromatic N) is 1. The van der Waals surface area contributed by atoms with Crippen LogP contribution in [0.3, 0.4) is 0 Å². The summed E-state index contributed by atoms with van der Waals surface area (Å²) >= 11 is 0. The van der Waals surface area contributed by atoms with Crippen molar-refractivity contribution in [2.45, 2.75) is 38.2 Å². The Morgan fingerprint density at radius 3 is 2.79 bits per heavy atom. The van der Waals surface area contributed by atoms with Crippen LogP contribution in [-0.4, -0.2) is 38.3 Å². The van der Waals surface area contributed by atoms with Crippen LogP contribution < -0.4 is 0 Å². The Balaban J connectivity index is 2.12. The maximum Gasteiger partial charge on any atom is 0.0596 e. The van der Waals surface area contributed by atoms with E-state index < -0.39 is 0 Å². The highest BCUT2D eigenvalue weighted by Crippen LogP contribution is 2.15. The normalized spacial score (nSPS) is 23.5. The fourth-order valence-electron chi connectivity index (χ4n) is 1.69. The van der Waals surface area contributed by atoms with Crippen molar-refractivity contribution in [1.82, 2.24) is 4.90 Å². The average Bonchev–Trinajstić information content (AvgIpc) is 2.07. The summed E-state index contributed by atoms with van der Waals surface area (Å²) in [4.78, 5) is 2.17. The van der Waals surface area contributed by atoms with E-state index >= 15 is 0 Å². The molecule has 0 heterocycles. The van der Waals surface area contributed by atoms with Crippen LogP contribution in [0.4, 0.5) is 0 Å². The van der Waals surface area contributed by atoms with Gasteiger partial charge in [-0.2, -0.15) is 0 Å². The summed E-state index contributed by atoms with van der Waals surface area (Å²) in [5, 5.41) is 0. The van der Waals surface area contributed by atoms with Gasteiger partial charge in [-0.1, -0.05) is 12.2 Å². The average molecular weight is 197 g/mol. The first-order chi connectivity index (χ1) is 6.79. The lowest BCUT2D eigenvalue weighted by molar-refractivity contribution is 0.0325. The number of rotatable bonds is 4. The first kappa shape index (κ1) is 11.7. The number of hydrogen-bond acceptors (Lipinski definition) is 2. The smallest absolute Gasteiger partial charge is 0.0596 e. The van der Waals surface area contributed by atoms with E-state index in [9.17, 15) is 0 Å². The van der Waals surface area contributed by atoms with Gasteiger partial charge in [0.2, 0.25) is 0 Å². The van der Waals surface area contributed by atoms with Gasteiger partial charge in [0, 0.05) is 6.54 Å². The first-order valence-electron chi connectivity index (χ1n) is 5.70. The number of ether oxygens (including phenoxy) is 1. The van der Waals surface area contributed by atoms with Crippen molar-refractivity contribution in [3.05, 3.63) is 12.2 Å². The Kier molecular flexibility index (Phi) is 5.88. The molecule has 0 fully saturated rings. The van der Waals surface area contributed by atoms with Crippen LogP contribution in [0.15, 0.2) is 12.2 Å². The van der Waals surface area contributed by atoms with Gasteiger partial charge in [-0.15, -0.1) is 0 Å². The molecule has 14 heavy (non-hydrogen) atoms. The molecular formula is C12H23NO. The molecule has 0 saturated heterocycles. The van der Waals surface area contributed by atoms with Crippen molar-refractivity contribution < 1.29 is 4.74 Å². The van der Waals surface area contributed by atoms with Crippen molar-refractivity contribution in [1.29, 1.82) is 0 Å². The minimum atomic E-state index is 0.500. The highest BCUT2D eigenvalue weighted by atomic mass is 16.5. The second-order valence-electron chi connectivity index (χ2n) is 4.28. The van der Waals surface area contributed by atoms with E-state index in [1.54, 1.807) is 0 Å². The molecule has 1 aliphatic rings. The minimum Gasteiger partial charge on any atom is -0.377 e. The molecule has 0 saturated carbocycles. The van der Waals surface area contributed by atoms with Gasteiger partial charge in [0.05, 0.1) is 12.7 Å². The van der Waals surface area contributed by atoms with Crippen LogP contribution in [0, 0.1) is 0 Å². The molecular weight excluding hydrogens is 174 g/mol. The molecule has 1 atom stereocenters. The van der Waals surface area contributed by atoms with E-state index in [-0.39, 0.29) is 0 Å². The van der Waals surface area contributed by atoms with Gasteiger partial charge in [-0.25, -0.2) is 0 Å². The van der Waals surface area contributed by atoms with E-state index in [2.05, 4.69) is 31.1 Å². The summed E-state index contributed by atoms with van der Waals surface area (Å²) < 4.78 is 5.85. The Morgan fingerprint density at radius 1 is 1.21 bits per heavy atom. The highest BCUT2D eigenvalue weighted by Gasteiger charge is 2.09. The lowest BCUT2D eigenvalue weighted by Crippen LogP contribution is -2.22. The molecule has 0 amide bonds. The Hall–Kier alpha value is -0.340. The number of likely N-dealkylation sites (N-methyl/N-ethyl adjacent to an activating group) is 1. The van der Waals surface area contributed by atoms with E-state index in [1.807, 2.05) is 0 Å². The SMILES string of the molecule is CN(C)CCOC1CCC=CCCC1. The molecule has 1 aliphatic carbocycles.